The Labute approximate surface area is 211 Å². The van der Waals surface area contributed by atoms with Gasteiger partial charge in [-0.25, -0.2) is 0 Å². The molecule has 0 spiro atoms. The average molecular weight is 487 g/mol. The van der Waals surface area contributed by atoms with Crippen LogP contribution < -0.4 is 14.4 Å². The van der Waals surface area contributed by atoms with Gasteiger partial charge in [-0.3, -0.25) is 19.3 Å². The van der Waals surface area contributed by atoms with Crippen molar-refractivity contribution < 1.29 is 23.9 Å². The quantitative estimate of drug-likeness (QED) is 0.445. The van der Waals surface area contributed by atoms with Gasteiger partial charge in [-0.2, -0.15) is 0 Å². The fourth-order valence-electron chi connectivity index (χ4n) is 4.12. The SMILES string of the molecule is Cc1ccc(C)c(OCC(=O)c2ccc3c(c2)N(CC(=O)N(C)Cc2ccccc2)C(=O)CO3)c1C. The Morgan fingerprint density at radius 1 is 1.00 bits per heavy atom. The maximum atomic E-state index is 13.0. The third kappa shape index (κ3) is 5.40. The fraction of sp³-hybridized carbons (Fsp3) is 0.276. The van der Waals surface area contributed by atoms with Gasteiger partial charge in [-0.1, -0.05) is 42.5 Å². The number of fused-ring (bicyclic) bond motifs is 1. The molecule has 4 rings (SSSR count). The van der Waals surface area contributed by atoms with Crippen LogP contribution in [0.15, 0.2) is 60.7 Å². The van der Waals surface area contributed by atoms with Crippen LogP contribution in [0.5, 0.6) is 11.5 Å². The topological polar surface area (TPSA) is 76.2 Å². The Balaban J connectivity index is 1.49. The lowest BCUT2D eigenvalue weighted by Crippen LogP contribution is -2.45. The van der Waals surface area contributed by atoms with Crippen molar-refractivity contribution in [3.63, 3.8) is 0 Å². The summed E-state index contributed by atoms with van der Waals surface area (Å²) < 4.78 is 11.4. The van der Waals surface area contributed by atoms with Gasteiger partial charge in [0, 0.05) is 19.2 Å². The van der Waals surface area contributed by atoms with Crippen molar-refractivity contribution in [1.82, 2.24) is 4.90 Å². The van der Waals surface area contributed by atoms with Crippen molar-refractivity contribution in [2.24, 2.45) is 0 Å². The van der Waals surface area contributed by atoms with E-state index in [1.165, 1.54) is 4.90 Å². The van der Waals surface area contributed by atoms with Crippen LogP contribution >= 0.6 is 0 Å². The number of ether oxygens (including phenoxy) is 2. The number of benzene rings is 3. The second-order valence-electron chi connectivity index (χ2n) is 9.05. The van der Waals surface area contributed by atoms with E-state index >= 15 is 0 Å². The van der Waals surface area contributed by atoms with E-state index < -0.39 is 0 Å². The smallest absolute Gasteiger partial charge is 0.265 e. The second kappa shape index (κ2) is 10.6. The zero-order valence-electron chi connectivity index (χ0n) is 21.0. The van der Waals surface area contributed by atoms with Gasteiger partial charge in [0.25, 0.3) is 5.91 Å². The van der Waals surface area contributed by atoms with Crippen molar-refractivity contribution in [3.05, 3.63) is 88.5 Å². The molecule has 186 valence electrons. The molecule has 0 aromatic heterocycles. The number of aryl methyl sites for hydroxylation is 2. The number of Topliss-reactive ketones (excluding diaryl/α,β-unsaturated/α-hetero) is 1. The molecule has 0 unspecified atom stereocenters. The van der Waals surface area contributed by atoms with Crippen LogP contribution in [-0.4, -0.2) is 49.3 Å². The number of nitrogens with zero attached hydrogens (tertiary/aromatic N) is 2. The molecule has 0 saturated carbocycles. The number of amides is 2. The molecule has 1 aliphatic rings. The van der Waals surface area contributed by atoms with Crippen molar-refractivity contribution in [3.8, 4) is 11.5 Å². The summed E-state index contributed by atoms with van der Waals surface area (Å²) in [6, 6.07) is 18.5. The maximum Gasteiger partial charge on any atom is 0.265 e. The van der Waals surface area contributed by atoms with Crippen LogP contribution in [0.25, 0.3) is 0 Å². The van der Waals surface area contributed by atoms with Gasteiger partial charge in [0.2, 0.25) is 5.91 Å². The molecule has 7 heteroatoms. The number of likely N-dealkylation sites (N-methyl/N-ethyl adjacent to an activating group) is 1. The van der Waals surface area contributed by atoms with Crippen LogP contribution in [0.2, 0.25) is 0 Å². The lowest BCUT2D eigenvalue weighted by atomic mass is 10.1. The van der Waals surface area contributed by atoms with Crippen molar-refractivity contribution >= 4 is 23.3 Å². The number of anilines is 1. The Morgan fingerprint density at radius 3 is 2.47 bits per heavy atom. The molecule has 0 aliphatic carbocycles. The van der Waals surface area contributed by atoms with Crippen molar-refractivity contribution in [2.75, 3.05) is 31.7 Å². The molecule has 3 aromatic rings. The molecule has 36 heavy (non-hydrogen) atoms. The van der Waals surface area contributed by atoms with E-state index in [9.17, 15) is 14.4 Å². The third-order valence-corrected chi connectivity index (χ3v) is 6.43. The van der Waals surface area contributed by atoms with Crippen molar-refractivity contribution in [2.45, 2.75) is 27.3 Å². The summed E-state index contributed by atoms with van der Waals surface area (Å²) in [6.07, 6.45) is 0. The number of carbonyl (C=O) groups excluding carboxylic acids is 3. The van der Waals surface area contributed by atoms with E-state index in [4.69, 9.17) is 9.47 Å². The summed E-state index contributed by atoms with van der Waals surface area (Å²) in [5, 5.41) is 0. The van der Waals surface area contributed by atoms with Crippen LogP contribution in [-0.2, 0) is 16.1 Å². The zero-order chi connectivity index (χ0) is 25.8. The molecule has 1 heterocycles. The van der Waals surface area contributed by atoms with E-state index in [1.54, 1.807) is 30.1 Å². The summed E-state index contributed by atoms with van der Waals surface area (Å²) in [7, 11) is 1.70. The molecule has 7 nitrogen and oxygen atoms in total. The maximum absolute atomic E-state index is 13.0. The van der Waals surface area contributed by atoms with Gasteiger partial charge in [-0.05, 0) is 61.2 Å². The van der Waals surface area contributed by atoms with E-state index in [0.29, 0.717) is 29.3 Å². The van der Waals surface area contributed by atoms with Gasteiger partial charge in [-0.15, -0.1) is 0 Å². The number of rotatable bonds is 8. The predicted octanol–water partition coefficient (Wildman–Crippen LogP) is 4.26. The van der Waals surface area contributed by atoms with Gasteiger partial charge >= 0.3 is 0 Å². The molecule has 2 amide bonds. The summed E-state index contributed by atoms with van der Waals surface area (Å²) in [4.78, 5) is 41.6. The number of hydrogen-bond acceptors (Lipinski definition) is 5. The van der Waals surface area contributed by atoms with Gasteiger partial charge in [0.05, 0.1) is 5.69 Å². The Hall–Kier alpha value is -4.13. The minimum Gasteiger partial charge on any atom is -0.485 e. The highest BCUT2D eigenvalue weighted by atomic mass is 16.5. The monoisotopic (exact) mass is 486 g/mol. The van der Waals surface area contributed by atoms with E-state index in [1.807, 2.05) is 63.2 Å². The standard InChI is InChI=1S/C29H30N2O5/c1-19-10-11-20(2)29(21(19)3)36-17-25(32)23-12-13-26-24(14-23)31(28(34)18-35-26)16-27(33)30(4)15-22-8-6-5-7-9-22/h5-14H,15-18H2,1-4H3. The van der Waals surface area contributed by atoms with Crippen LogP contribution in [0, 0.1) is 20.8 Å². The van der Waals surface area contributed by atoms with Crippen LogP contribution in [0.3, 0.4) is 0 Å². The molecule has 0 fully saturated rings. The summed E-state index contributed by atoms with van der Waals surface area (Å²) in [5.41, 5.74) is 4.82. The van der Waals surface area contributed by atoms with E-state index in [0.717, 1.165) is 22.3 Å². The minimum absolute atomic E-state index is 0.141. The van der Waals surface area contributed by atoms with Gasteiger partial charge < -0.3 is 14.4 Å². The Morgan fingerprint density at radius 2 is 1.72 bits per heavy atom. The lowest BCUT2D eigenvalue weighted by Gasteiger charge is -2.30. The highest BCUT2D eigenvalue weighted by Gasteiger charge is 2.29. The highest BCUT2D eigenvalue weighted by molar-refractivity contribution is 6.04. The largest absolute Gasteiger partial charge is 0.485 e. The first-order valence-corrected chi connectivity index (χ1v) is 11.8. The van der Waals surface area contributed by atoms with Crippen LogP contribution in [0.1, 0.15) is 32.6 Å². The van der Waals surface area contributed by atoms with Crippen molar-refractivity contribution in [1.29, 1.82) is 0 Å². The molecule has 1 aliphatic heterocycles. The van der Waals surface area contributed by atoms with Crippen LogP contribution in [0.4, 0.5) is 5.69 Å². The first-order valence-electron chi connectivity index (χ1n) is 11.8. The first kappa shape index (κ1) is 25.0. The number of carbonyl (C=O) groups is 3. The molecular weight excluding hydrogens is 456 g/mol. The predicted molar refractivity (Wildman–Crippen MR) is 138 cm³/mol. The average Bonchev–Trinajstić information content (AvgIpc) is 2.88. The summed E-state index contributed by atoms with van der Waals surface area (Å²) in [6.45, 7) is 5.89. The molecule has 0 saturated heterocycles. The Kier molecular flexibility index (Phi) is 7.38. The first-order chi connectivity index (χ1) is 17.2. The highest BCUT2D eigenvalue weighted by Crippen LogP contribution is 2.33. The Bertz CT molecular complexity index is 1300. The normalized spacial score (nSPS) is 12.6. The molecule has 0 bridgehead atoms. The second-order valence-corrected chi connectivity index (χ2v) is 9.05. The molecule has 0 radical (unpaired) electrons. The third-order valence-electron chi connectivity index (χ3n) is 6.43. The van der Waals surface area contributed by atoms with E-state index in [-0.39, 0.29) is 37.4 Å². The number of hydrogen-bond donors (Lipinski definition) is 0. The molecule has 3 aromatic carbocycles. The lowest BCUT2D eigenvalue weighted by molar-refractivity contribution is -0.131. The van der Waals surface area contributed by atoms with Gasteiger partial charge in [0.15, 0.2) is 19.0 Å². The molecular formula is C29H30N2O5. The zero-order valence-corrected chi connectivity index (χ0v) is 21.0. The minimum atomic E-state index is -0.337. The number of ketones is 1. The summed E-state index contributed by atoms with van der Waals surface area (Å²) >= 11 is 0. The van der Waals surface area contributed by atoms with E-state index in [2.05, 4.69) is 0 Å². The molecule has 0 N–H and O–H groups in total. The van der Waals surface area contributed by atoms with Gasteiger partial charge in [0.1, 0.15) is 18.0 Å². The molecule has 0 atom stereocenters. The summed E-state index contributed by atoms with van der Waals surface area (Å²) in [5.74, 6) is 0.370. The fourth-order valence-corrected chi connectivity index (χ4v) is 4.12.